The maximum absolute atomic E-state index is 11.9. The zero-order valence-corrected chi connectivity index (χ0v) is 12.9. The molecule has 0 saturated carbocycles. The summed E-state index contributed by atoms with van der Waals surface area (Å²) >= 11 is 0. The van der Waals surface area contributed by atoms with Gasteiger partial charge in [-0.05, 0) is 25.5 Å². The lowest BCUT2D eigenvalue weighted by Gasteiger charge is -2.23. The zero-order chi connectivity index (χ0) is 16.0. The lowest BCUT2D eigenvalue weighted by molar-refractivity contribution is -0.117. The van der Waals surface area contributed by atoms with Crippen molar-refractivity contribution in [2.45, 2.75) is 26.0 Å². The summed E-state index contributed by atoms with van der Waals surface area (Å²) in [6, 6.07) is 9.27. The minimum atomic E-state index is -1.10. The van der Waals surface area contributed by atoms with Crippen LogP contribution in [0, 0.1) is 0 Å². The number of hydrogen-bond donors (Lipinski definition) is 2. The number of nitrogens with zero attached hydrogens (tertiary/aromatic N) is 2. The largest absolute Gasteiger partial charge is 0.384 e. The molecule has 0 saturated heterocycles. The fourth-order valence-electron chi connectivity index (χ4n) is 2.11. The minimum Gasteiger partial charge on any atom is -0.384 e. The molecule has 116 valence electrons. The van der Waals surface area contributed by atoms with Crippen molar-refractivity contribution in [3.05, 3.63) is 60.2 Å². The van der Waals surface area contributed by atoms with Crippen LogP contribution in [0.15, 0.2) is 48.8 Å². The van der Waals surface area contributed by atoms with Gasteiger partial charge >= 0.3 is 0 Å². The van der Waals surface area contributed by atoms with Crippen molar-refractivity contribution in [3.8, 4) is 0 Å². The molecule has 2 rings (SSSR count). The van der Waals surface area contributed by atoms with Gasteiger partial charge < -0.3 is 15.0 Å². The molecular weight excluding hydrogens is 278 g/mol. The van der Waals surface area contributed by atoms with E-state index in [1.54, 1.807) is 19.2 Å². The number of amides is 1. The van der Waals surface area contributed by atoms with Crippen LogP contribution >= 0.6 is 0 Å². The lowest BCUT2D eigenvalue weighted by atomic mass is 9.96. The van der Waals surface area contributed by atoms with Crippen LogP contribution in [-0.2, 0) is 16.9 Å². The van der Waals surface area contributed by atoms with E-state index in [2.05, 4.69) is 10.3 Å². The van der Waals surface area contributed by atoms with E-state index < -0.39 is 5.60 Å². The summed E-state index contributed by atoms with van der Waals surface area (Å²) < 4.78 is 1.93. The molecule has 2 N–H and O–H groups in total. The first-order valence-electron chi connectivity index (χ1n) is 7.28. The second kappa shape index (κ2) is 7.04. The van der Waals surface area contributed by atoms with Crippen LogP contribution in [0.2, 0.25) is 0 Å². The van der Waals surface area contributed by atoms with Gasteiger partial charge in [0.1, 0.15) is 11.4 Å². The maximum Gasteiger partial charge on any atom is 0.244 e. The molecule has 1 amide bonds. The van der Waals surface area contributed by atoms with Crippen LogP contribution in [0.3, 0.4) is 0 Å². The van der Waals surface area contributed by atoms with E-state index in [4.69, 9.17) is 0 Å². The molecule has 22 heavy (non-hydrogen) atoms. The third-order valence-corrected chi connectivity index (χ3v) is 3.47. The number of carbonyl (C=O) groups excluding carboxylic acids is 1. The number of aromatic nitrogens is 2. The molecule has 1 heterocycles. The van der Waals surface area contributed by atoms with Crippen molar-refractivity contribution < 1.29 is 9.90 Å². The Morgan fingerprint density at radius 2 is 2.14 bits per heavy atom. The number of aryl methyl sites for hydroxylation is 1. The highest BCUT2D eigenvalue weighted by atomic mass is 16.3. The van der Waals surface area contributed by atoms with Crippen molar-refractivity contribution in [2.75, 3.05) is 6.54 Å². The number of rotatable bonds is 6. The van der Waals surface area contributed by atoms with Crippen LogP contribution in [0.5, 0.6) is 0 Å². The first-order chi connectivity index (χ1) is 10.5. The molecule has 0 aliphatic rings. The summed E-state index contributed by atoms with van der Waals surface area (Å²) in [4.78, 5) is 16.0. The number of hydrogen-bond acceptors (Lipinski definition) is 3. The van der Waals surface area contributed by atoms with Crippen molar-refractivity contribution in [1.82, 2.24) is 14.9 Å². The Morgan fingerprint density at radius 3 is 2.82 bits per heavy atom. The second-order valence-electron chi connectivity index (χ2n) is 5.26. The van der Waals surface area contributed by atoms with Crippen LogP contribution in [0.25, 0.3) is 6.08 Å². The topological polar surface area (TPSA) is 67.2 Å². The highest BCUT2D eigenvalue weighted by molar-refractivity contribution is 5.91. The van der Waals surface area contributed by atoms with Gasteiger partial charge in [0.05, 0.1) is 6.54 Å². The van der Waals surface area contributed by atoms with Gasteiger partial charge in [-0.2, -0.15) is 0 Å². The van der Waals surface area contributed by atoms with E-state index >= 15 is 0 Å². The van der Waals surface area contributed by atoms with Crippen LogP contribution in [0.4, 0.5) is 0 Å². The molecule has 0 fully saturated rings. The third kappa shape index (κ3) is 4.05. The smallest absolute Gasteiger partial charge is 0.244 e. The summed E-state index contributed by atoms with van der Waals surface area (Å²) in [5.74, 6) is 0.467. The molecule has 1 atom stereocenters. The predicted octanol–water partition coefficient (Wildman–Crippen LogP) is 1.94. The van der Waals surface area contributed by atoms with Crippen LogP contribution in [-0.4, -0.2) is 27.1 Å². The van der Waals surface area contributed by atoms with Gasteiger partial charge in [0, 0.05) is 25.0 Å². The first-order valence-corrected chi connectivity index (χ1v) is 7.28. The van der Waals surface area contributed by atoms with E-state index in [0.717, 1.165) is 17.9 Å². The molecule has 0 radical (unpaired) electrons. The first kappa shape index (κ1) is 16.0. The van der Waals surface area contributed by atoms with E-state index in [-0.39, 0.29) is 12.5 Å². The average Bonchev–Trinajstić information content (AvgIpc) is 2.99. The van der Waals surface area contributed by atoms with Gasteiger partial charge in [-0.1, -0.05) is 30.3 Å². The summed E-state index contributed by atoms with van der Waals surface area (Å²) in [5, 5.41) is 13.1. The maximum atomic E-state index is 11.9. The van der Waals surface area contributed by atoms with Gasteiger partial charge in [-0.25, -0.2) is 4.98 Å². The number of benzene rings is 1. The minimum absolute atomic E-state index is 0.141. The fraction of sp³-hybridized carbons (Fsp3) is 0.294. The van der Waals surface area contributed by atoms with Crippen molar-refractivity contribution in [1.29, 1.82) is 0 Å². The van der Waals surface area contributed by atoms with E-state index in [9.17, 15) is 9.90 Å². The molecule has 1 aromatic carbocycles. The molecule has 2 aromatic rings. The summed E-state index contributed by atoms with van der Waals surface area (Å²) in [6.45, 7) is 4.62. The molecule has 0 aliphatic heterocycles. The molecule has 5 heteroatoms. The quantitative estimate of drug-likeness (QED) is 0.801. The second-order valence-corrected chi connectivity index (χ2v) is 5.26. The molecular formula is C17H21N3O2. The Balaban J connectivity index is 1.93. The van der Waals surface area contributed by atoms with Crippen molar-refractivity contribution >= 4 is 12.0 Å². The molecule has 1 unspecified atom stereocenters. The Hall–Kier alpha value is -2.40. The monoisotopic (exact) mass is 299 g/mol. The summed E-state index contributed by atoms with van der Waals surface area (Å²) in [6.07, 6.45) is 6.64. The fourth-order valence-corrected chi connectivity index (χ4v) is 2.11. The average molecular weight is 299 g/mol. The number of carbonyl (C=O) groups is 1. The van der Waals surface area contributed by atoms with Gasteiger partial charge in [0.15, 0.2) is 0 Å². The summed E-state index contributed by atoms with van der Waals surface area (Å²) in [5.41, 5.74) is -0.340. The Kier molecular flexibility index (Phi) is 5.12. The highest BCUT2D eigenvalue weighted by Crippen LogP contribution is 2.18. The number of nitrogens with one attached hydrogen (secondary N) is 1. The summed E-state index contributed by atoms with van der Waals surface area (Å²) in [7, 11) is 0. The van der Waals surface area contributed by atoms with E-state index in [0.29, 0.717) is 0 Å². The Morgan fingerprint density at radius 1 is 1.41 bits per heavy atom. The third-order valence-electron chi connectivity index (χ3n) is 3.47. The van der Waals surface area contributed by atoms with Crippen molar-refractivity contribution in [3.63, 3.8) is 0 Å². The van der Waals surface area contributed by atoms with Crippen LogP contribution < -0.4 is 5.32 Å². The van der Waals surface area contributed by atoms with Gasteiger partial charge in [-0.3, -0.25) is 4.79 Å². The lowest BCUT2D eigenvalue weighted by Crippen LogP contribution is -2.37. The highest BCUT2D eigenvalue weighted by Gasteiger charge is 2.22. The number of imidazole rings is 1. The molecule has 1 aromatic heterocycles. The molecule has 5 nitrogen and oxygen atoms in total. The molecule has 0 bridgehead atoms. The predicted molar refractivity (Wildman–Crippen MR) is 86.0 cm³/mol. The Bertz CT molecular complexity index is 645. The normalized spacial score (nSPS) is 14.0. The van der Waals surface area contributed by atoms with Gasteiger partial charge in [0.25, 0.3) is 0 Å². The van der Waals surface area contributed by atoms with Gasteiger partial charge in [0.2, 0.25) is 5.91 Å². The van der Waals surface area contributed by atoms with E-state index in [1.165, 1.54) is 6.08 Å². The van der Waals surface area contributed by atoms with E-state index in [1.807, 2.05) is 48.0 Å². The Labute approximate surface area is 130 Å². The van der Waals surface area contributed by atoms with Crippen molar-refractivity contribution in [2.24, 2.45) is 0 Å². The van der Waals surface area contributed by atoms with Crippen LogP contribution in [0.1, 0.15) is 25.2 Å². The molecule has 0 spiro atoms. The van der Waals surface area contributed by atoms with Gasteiger partial charge in [-0.15, -0.1) is 0 Å². The molecule has 0 aliphatic carbocycles. The SMILES string of the molecule is CCn1ccnc1/C=C/C(=O)NCC(C)(O)c1ccccc1. The standard InChI is InChI=1S/C17H21N3O2/c1-3-20-12-11-18-15(20)9-10-16(21)19-13-17(2,22)14-7-5-4-6-8-14/h4-12,22H,3,13H2,1-2H3,(H,19,21)/b10-9+. The number of aliphatic hydroxyl groups is 1. The zero-order valence-electron chi connectivity index (χ0n) is 12.9.